The molecule has 22 heavy (non-hydrogen) atoms. The van der Waals surface area contributed by atoms with Crippen molar-refractivity contribution in [3.8, 4) is 0 Å². The Balaban J connectivity index is 2.14. The Hall–Kier alpha value is -1.75. The monoisotopic (exact) mass is 356 g/mol. The number of carbonyl (C=O) groups excluding carboxylic acids is 2. The van der Waals surface area contributed by atoms with E-state index in [1.54, 1.807) is 30.3 Å². The topological polar surface area (TPSA) is 49.4 Å². The Bertz CT molecular complexity index is 697. The van der Waals surface area contributed by atoms with Crippen molar-refractivity contribution >= 4 is 52.4 Å². The number of hydrogen-bond donors (Lipinski definition) is 1. The lowest BCUT2D eigenvalue weighted by Gasteiger charge is -2.18. The van der Waals surface area contributed by atoms with Crippen LogP contribution in [0, 0.1) is 0 Å². The molecule has 0 aliphatic rings. The van der Waals surface area contributed by atoms with Crippen molar-refractivity contribution < 1.29 is 9.59 Å². The van der Waals surface area contributed by atoms with Gasteiger partial charge in [-0.1, -0.05) is 40.9 Å². The van der Waals surface area contributed by atoms with E-state index in [-0.39, 0.29) is 15.6 Å². The van der Waals surface area contributed by atoms with Crippen LogP contribution in [0.2, 0.25) is 15.1 Å². The van der Waals surface area contributed by atoms with Gasteiger partial charge in [-0.05, 0) is 36.4 Å². The van der Waals surface area contributed by atoms with Crippen molar-refractivity contribution in [2.45, 2.75) is 0 Å². The van der Waals surface area contributed by atoms with E-state index in [2.05, 4.69) is 5.32 Å². The van der Waals surface area contributed by atoms with E-state index in [0.29, 0.717) is 10.7 Å². The van der Waals surface area contributed by atoms with Gasteiger partial charge in [0.05, 0.1) is 15.6 Å². The standard InChI is InChI=1S/C15H11Cl3N2O2/c1-20(10-7-5-9(16)6-8-10)15(22)19-14(21)13-11(17)3-2-4-12(13)18/h2-8H,1H3,(H,19,21,22). The van der Waals surface area contributed by atoms with Gasteiger partial charge < -0.3 is 0 Å². The summed E-state index contributed by atoms with van der Waals surface area (Å²) in [6.07, 6.45) is 0. The second-order valence-electron chi connectivity index (χ2n) is 4.39. The highest BCUT2D eigenvalue weighted by Crippen LogP contribution is 2.24. The second kappa shape index (κ2) is 7.01. The van der Waals surface area contributed by atoms with Gasteiger partial charge in [0.2, 0.25) is 0 Å². The fourth-order valence-electron chi connectivity index (χ4n) is 1.74. The van der Waals surface area contributed by atoms with Gasteiger partial charge in [-0.3, -0.25) is 15.0 Å². The third kappa shape index (κ3) is 3.71. The number of benzene rings is 2. The summed E-state index contributed by atoms with van der Waals surface area (Å²) in [7, 11) is 1.53. The van der Waals surface area contributed by atoms with Crippen LogP contribution in [0.1, 0.15) is 10.4 Å². The molecular formula is C15H11Cl3N2O2. The van der Waals surface area contributed by atoms with Gasteiger partial charge in [-0.15, -0.1) is 0 Å². The first kappa shape index (κ1) is 16.6. The average molecular weight is 358 g/mol. The fraction of sp³-hybridized carbons (Fsp3) is 0.0667. The minimum Gasteiger partial charge on any atom is -0.297 e. The molecule has 0 heterocycles. The summed E-state index contributed by atoms with van der Waals surface area (Å²) in [5, 5.41) is 3.14. The van der Waals surface area contributed by atoms with Crippen molar-refractivity contribution in [3.05, 3.63) is 63.1 Å². The van der Waals surface area contributed by atoms with Crippen molar-refractivity contribution in [2.24, 2.45) is 0 Å². The molecule has 0 aliphatic heterocycles. The quantitative estimate of drug-likeness (QED) is 0.851. The van der Waals surface area contributed by atoms with E-state index in [0.717, 1.165) is 0 Å². The summed E-state index contributed by atoms with van der Waals surface area (Å²) < 4.78 is 0. The van der Waals surface area contributed by atoms with Crippen LogP contribution in [0.4, 0.5) is 10.5 Å². The van der Waals surface area contributed by atoms with Crippen molar-refractivity contribution in [3.63, 3.8) is 0 Å². The predicted molar refractivity (Wildman–Crippen MR) is 89.2 cm³/mol. The van der Waals surface area contributed by atoms with Crippen LogP contribution in [0.5, 0.6) is 0 Å². The number of nitrogens with one attached hydrogen (secondary N) is 1. The first-order chi connectivity index (χ1) is 10.4. The lowest BCUT2D eigenvalue weighted by Crippen LogP contribution is -2.41. The molecule has 0 aliphatic carbocycles. The van der Waals surface area contributed by atoms with Crippen LogP contribution >= 0.6 is 34.8 Å². The number of rotatable bonds is 2. The molecule has 7 heteroatoms. The molecule has 0 fully saturated rings. The lowest BCUT2D eigenvalue weighted by atomic mass is 10.2. The number of hydrogen-bond acceptors (Lipinski definition) is 2. The van der Waals surface area contributed by atoms with Gasteiger partial charge in [-0.25, -0.2) is 4.79 Å². The highest BCUT2D eigenvalue weighted by atomic mass is 35.5. The first-order valence-corrected chi connectivity index (χ1v) is 7.32. The maximum Gasteiger partial charge on any atom is 0.328 e. The summed E-state index contributed by atoms with van der Waals surface area (Å²) >= 11 is 17.7. The Morgan fingerprint density at radius 3 is 2.05 bits per heavy atom. The molecular weight excluding hydrogens is 347 g/mol. The second-order valence-corrected chi connectivity index (χ2v) is 5.64. The van der Waals surface area contributed by atoms with E-state index in [1.807, 2.05) is 0 Å². The Morgan fingerprint density at radius 2 is 1.50 bits per heavy atom. The molecule has 0 aromatic heterocycles. The number of carbonyl (C=O) groups is 2. The molecule has 1 N–H and O–H groups in total. The minimum atomic E-state index is -0.665. The Morgan fingerprint density at radius 1 is 0.955 bits per heavy atom. The van der Waals surface area contributed by atoms with E-state index in [1.165, 1.54) is 24.1 Å². The minimum absolute atomic E-state index is 0.0590. The van der Waals surface area contributed by atoms with Crippen LogP contribution in [0.25, 0.3) is 0 Å². The SMILES string of the molecule is CN(C(=O)NC(=O)c1c(Cl)cccc1Cl)c1ccc(Cl)cc1. The third-order valence-corrected chi connectivity index (χ3v) is 3.81. The summed E-state index contributed by atoms with van der Waals surface area (Å²) in [4.78, 5) is 25.5. The molecule has 0 saturated heterocycles. The van der Waals surface area contributed by atoms with Gasteiger partial charge in [-0.2, -0.15) is 0 Å². The van der Waals surface area contributed by atoms with Crippen LogP contribution in [0.15, 0.2) is 42.5 Å². The summed E-state index contributed by atoms with van der Waals surface area (Å²) in [6.45, 7) is 0. The van der Waals surface area contributed by atoms with E-state index in [4.69, 9.17) is 34.8 Å². The maximum atomic E-state index is 12.1. The highest BCUT2D eigenvalue weighted by molar-refractivity contribution is 6.40. The van der Waals surface area contributed by atoms with Gasteiger partial charge in [0.15, 0.2) is 0 Å². The smallest absolute Gasteiger partial charge is 0.297 e. The molecule has 0 saturated carbocycles. The van der Waals surface area contributed by atoms with E-state index >= 15 is 0 Å². The van der Waals surface area contributed by atoms with Crippen LogP contribution in [-0.2, 0) is 0 Å². The van der Waals surface area contributed by atoms with Crippen molar-refractivity contribution in [1.82, 2.24) is 5.32 Å². The molecule has 3 amide bonds. The molecule has 2 rings (SSSR count). The van der Waals surface area contributed by atoms with Crippen molar-refractivity contribution in [1.29, 1.82) is 0 Å². The van der Waals surface area contributed by atoms with Crippen LogP contribution in [0.3, 0.4) is 0 Å². The fourth-order valence-corrected chi connectivity index (χ4v) is 2.44. The Labute approximate surface area is 142 Å². The molecule has 114 valence electrons. The summed E-state index contributed by atoms with van der Waals surface area (Å²) in [5.41, 5.74) is 0.642. The van der Waals surface area contributed by atoms with Gasteiger partial charge in [0.25, 0.3) is 5.91 Å². The summed E-state index contributed by atoms with van der Waals surface area (Å²) in [5.74, 6) is -0.665. The molecule has 0 radical (unpaired) electrons. The third-order valence-electron chi connectivity index (χ3n) is 2.93. The first-order valence-electron chi connectivity index (χ1n) is 6.19. The van der Waals surface area contributed by atoms with Crippen LogP contribution in [-0.4, -0.2) is 19.0 Å². The number of halogens is 3. The Kier molecular flexibility index (Phi) is 5.29. The van der Waals surface area contributed by atoms with Gasteiger partial charge in [0, 0.05) is 17.8 Å². The largest absolute Gasteiger partial charge is 0.328 e. The summed E-state index contributed by atoms with van der Waals surface area (Å²) in [6, 6.07) is 10.7. The molecule has 2 aromatic rings. The van der Waals surface area contributed by atoms with E-state index < -0.39 is 11.9 Å². The maximum absolute atomic E-state index is 12.1. The van der Waals surface area contributed by atoms with Crippen LogP contribution < -0.4 is 10.2 Å². The number of anilines is 1. The van der Waals surface area contributed by atoms with Gasteiger partial charge >= 0.3 is 6.03 Å². The molecule has 0 spiro atoms. The average Bonchev–Trinajstić information content (AvgIpc) is 2.47. The highest BCUT2D eigenvalue weighted by Gasteiger charge is 2.19. The van der Waals surface area contributed by atoms with Gasteiger partial charge in [0.1, 0.15) is 0 Å². The zero-order valence-corrected chi connectivity index (χ0v) is 13.7. The zero-order valence-electron chi connectivity index (χ0n) is 11.4. The number of imide groups is 1. The van der Waals surface area contributed by atoms with Crippen molar-refractivity contribution in [2.75, 3.05) is 11.9 Å². The molecule has 0 atom stereocenters. The molecule has 0 bridgehead atoms. The molecule has 4 nitrogen and oxygen atoms in total. The normalized spacial score (nSPS) is 10.2. The number of nitrogens with zero attached hydrogens (tertiary/aromatic N) is 1. The molecule has 2 aromatic carbocycles. The lowest BCUT2D eigenvalue weighted by molar-refractivity contribution is 0.0966. The zero-order chi connectivity index (χ0) is 16.3. The number of urea groups is 1. The van der Waals surface area contributed by atoms with E-state index in [9.17, 15) is 9.59 Å². The molecule has 0 unspecified atom stereocenters. The predicted octanol–water partition coefficient (Wildman–Crippen LogP) is 4.63. The number of amides is 3.